The monoisotopic (exact) mass is 354 g/mol. The van der Waals surface area contributed by atoms with Crippen molar-refractivity contribution in [2.75, 3.05) is 39.6 Å². The Bertz CT molecular complexity index is 660. The van der Waals surface area contributed by atoms with Gasteiger partial charge < -0.3 is 9.47 Å². The molecule has 7 heteroatoms. The second kappa shape index (κ2) is 7.29. The highest BCUT2D eigenvalue weighted by Gasteiger charge is 2.43. The molecule has 0 bridgehead atoms. The van der Waals surface area contributed by atoms with E-state index < -0.39 is 10.0 Å². The van der Waals surface area contributed by atoms with Crippen LogP contribution in [0.3, 0.4) is 0 Å². The largest absolute Gasteiger partial charge is 0.493 e. The number of likely N-dealkylation sites (tertiary alicyclic amines) is 1. The van der Waals surface area contributed by atoms with Crippen LogP contribution >= 0.6 is 0 Å². The van der Waals surface area contributed by atoms with Crippen LogP contribution in [0.4, 0.5) is 0 Å². The predicted molar refractivity (Wildman–Crippen MR) is 92.9 cm³/mol. The van der Waals surface area contributed by atoms with E-state index in [1.807, 2.05) is 24.3 Å². The van der Waals surface area contributed by atoms with Gasteiger partial charge in [-0.2, -0.15) is 0 Å². The second-order valence-electron chi connectivity index (χ2n) is 6.76. The van der Waals surface area contributed by atoms with Crippen molar-refractivity contribution in [3.8, 4) is 11.5 Å². The predicted octanol–water partition coefficient (Wildman–Crippen LogP) is 1.33. The molecule has 1 saturated carbocycles. The maximum absolute atomic E-state index is 11.6. The lowest BCUT2D eigenvalue weighted by atomic mass is 9.99. The van der Waals surface area contributed by atoms with Crippen LogP contribution in [0.2, 0.25) is 0 Å². The quantitative estimate of drug-likeness (QED) is 0.763. The van der Waals surface area contributed by atoms with Crippen molar-refractivity contribution in [1.29, 1.82) is 0 Å². The van der Waals surface area contributed by atoms with E-state index in [0.29, 0.717) is 18.4 Å². The minimum absolute atomic E-state index is 0.0266. The van der Waals surface area contributed by atoms with Gasteiger partial charge in [0.2, 0.25) is 10.0 Å². The standard InChI is InChI=1S/C17H26N2O4S/c1-22-16-5-3-4-6-17(16)23-10-9-19-11-14(13-7-8-13)15(12-19)18-24(2,20)21/h3-6,13-15,18H,7-12H2,1-2H3/t14-,15+/m1/s1. The highest BCUT2D eigenvalue weighted by Crippen LogP contribution is 2.41. The number of benzene rings is 1. The van der Waals surface area contributed by atoms with E-state index in [2.05, 4.69) is 9.62 Å². The topological polar surface area (TPSA) is 67.9 Å². The van der Waals surface area contributed by atoms with Gasteiger partial charge in [-0.3, -0.25) is 4.90 Å². The van der Waals surface area contributed by atoms with Crippen molar-refractivity contribution >= 4 is 10.0 Å². The third-order valence-electron chi connectivity index (χ3n) is 4.77. The Balaban J connectivity index is 1.52. The average molecular weight is 354 g/mol. The van der Waals surface area contributed by atoms with Crippen molar-refractivity contribution in [2.24, 2.45) is 11.8 Å². The number of para-hydroxylation sites is 2. The molecular weight excluding hydrogens is 328 g/mol. The molecule has 2 fully saturated rings. The van der Waals surface area contributed by atoms with Gasteiger partial charge in [0.05, 0.1) is 13.4 Å². The summed E-state index contributed by atoms with van der Waals surface area (Å²) in [6.07, 6.45) is 3.68. The molecule has 0 radical (unpaired) electrons. The Kier molecular flexibility index (Phi) is 5.32. The molecule has 6 nitrogen and oxygen atoms in total. The van der Waals surface area contributed by atoms with E-state index >= 15 is 0 Å². The molecule has 0 unspecified atom stereocenters. The number of nitrogens with one attached hydrogen (secondary N) is 1. The van der Waals surface area contributed by atoms with E-state index in [9.17, 15) is 8.42 Å². The number of ether oxygens (including phenoxy) is 2. The molecule has 0 amide bonds. The molecule has 1 heterocycles. The molecule has 134 valence electrons. The van der Waals surface area contributed by atoms with Gasteiger partial charge in [0, 0.05) is 25.7 Å². The molecule has 1 aromatic carbocycles. The van der Waals surface area contributed by atoms with Crippen LogP contribution in [0.25, 0.3) is 0 Å². The molecule has 0 aromatic heterocycles. The van der Waals surface area contributed by atoms with Crippen molar-refractivity contribution in [1.82, 2.24) is 9.62 Å². The summed E-state index contributed by atoms with van der Waals surface area (Å²) in [6, 6.07) is 7.62. The third kappa shape index (κ3) is 4.62. The number of nitrogens with zero attached hydrogens (tertiary/aromatic N) is 1. The molecule has 2 atom stereocenters. The van der Waals surface area contributed by atoms with Gasteiger partial charge in [0.25, 0.3) is 0 Å². The number of rotatable bonds is 8. The number of hydrogen-bond acceptors (Lipinski definition) is 5. The fourth-order valence-corrected chi connectivity index (χ4v) is 4.32. The Hall–Kier alpha value is -1.31. The van der Waals surface area contributed by atoms with Crippen LogP contribution in [0.5, 0.6) is 11.5 Å². The minimum atomic E-state index is -3.17. The zero-order valence-corrected chi connectivity index (χ0v) is 15.1. The Morgan fingerprint density at radius 3 is 2.54 bits per heavy atom. The number of methoxy groups -OCH3 is 1. The fraction of sp³-hybridized carbons (Fsp3) is 0.647. The van der Waals surface area contributed by atoms with Crippen molar-refractivity contribution < 1.29 is 17.9 Å². The lowest BCUT2D eigenvalue weighted by Crippen LogP contribution is -2.40. The number of hydrogen-bond donors (Lipinski definition) is 1. The van der Waals surface area contributed by atoms with Crippen LogP contribution in [-0.4, -0.2) is 59.0 Å². The Morgan fingerprint density at radius 2 is 1.92 bits per heavy atom. The molecule has 2 aliphatic rings. The first-order chi connectivity index (χ1) is 11.5. The molecule has 1 aromatic rings. The molecule has 1 aliphatic carbocycles. The molecule has 24 heavy (non-hydrogen) atoms. The second-order valence-corrected chi connectivity index (χ2v) is 8.54. The molecule has 1 aliphatic heterocycles. The smallest absolute Gasteiger partial charge is 0.209 e. The molecule has 1 N–H and O–H groups in total. The number of sulfonamides is 1. The summed E-state index contributed by atoms with van der Waals surface area (Å²) in [6.45, 7) is 3.03. The molecular formula is C17H26N2O4S. The van der Waals surface area contributed by atoms with E-state index in [4.69, 9.17) is 9.47 Å². The third-order valence-corrected chi connectivity index (χ3v) is 5.50. The summed E-state index contributed by atoms with van der Waals surface area (Å²) >= 11 is 0. The average Bonchev–Trinajstić information content (AvgIpc) is 3.29. The summed E-state index contributed by atoms with van der Waals surface area (Å²) in [5.41, 5.74) is 0. The summed E-state index contributed by atoms with van der Waals surface area (Å²) in [5, 5.41) is 0. The maximum atomic E-state index is 11.6. The van der Waals surface area contributed by atoms with Gasteiger partial charge in [-0.15, -0.1) is 0 Å². The van der Waals surface area contributed by atoms with Crippen LogP contribution in [-0.2, 0) is 10.0 Å². The van der Waals surface area contributed by atoms with Gasteiger partial charge in [0.15, 0.2) is 11.5 Å². The zero-order chi connectivity index (χ0) is 17.2. The fourth-order valence-electron chi connectivity index (χ4n) is 3.52. The highest BCUT2D eigenvalue weighted by atomic mass is 32.2. The summed E-state index contributed by atoms with van der Waals surface area (Å²) < 4.78 is 37.1. The molecule has 1 saturated heterocycles. The molecule has 3 rings (SSSR count). The van der Waals surface area contributed by atoms with Gasteiger partial charge in [0.1, 0.15) is 6.61 Å². The normalized spacial score (nSPS) is 24.9. The summed E-state index contributed by atoms with van der Waals surface area (Å²) in [7, 11) is -1.54. The summed E-state index contributed by atoms with van der Waals surface area (Å²) in [4.78, 5) is 2.29. The Labute approximate surface area is 144 Å². The van der Waals surface area contributed by atoms with Gasteiger partial charge in [-0.25, -0.2) is 13.1 Å². The van der Waals surface area contributed by atoms with E-state index in [1.54, 1.807) is 7.11 Å². The van der Waals surface area contributed by atoms with Crippen LogP contribution < -0.4 is 14.2 Å². The van der Waals surface area contributed by atoms with Crippen molar-refractivity contribution in [3.05, 3.63) is 24.3 Å². The van der Waals surface area contributed by atoms with Gasteiger partial charge >= 0.3 is 0 Å². The van der Waals surface area contributed by atoms with Gasteiger partial charge in [-0.1, -0.05) is 12.1 Å². The van der Waals surface area contributed by atoms with E-state index in [0.717, 1.165) is 31.1 Å². The van der Waals surface area contributed by atoms with E-state index in [1.165, 1.54) is 19.1 Å². The van der Waals surface area contributed by atoms with Crippen LogP contribution in [0.15, 0.2) is 24.3 Å². The maximum Gasteiger partial charge on any atom is 0.209 e. The summed E-state index contributed by atoms with van der Waals surface area (Å²) in [5.74, 6) is 2.56. The van der Waals surface area contributed by atoms with Crippen molar-refractivity contribution in [3.63, 3.8) is 0 Å². The first-order valence-corrected chi connectivity index (χ1v) is 10.3. The SMILES string of the molecule is COc1ccccc1OCCN1C[C@H](NS(C)(=O)=O)[C@@H](C2CC2)C1. The van der Waals surface area contributed by atoms with Crippen LogP contribution in [0, 0.1) is 11.8 Å². The highest BCUT2D eigenvalue weighted by molar-refractivity contribution is 7.88. The lowest BCUT2D eigenvalue weighted by Gasteiger charge is -2.17. The van der Waals surface area contributed by atoms with E-state index in [-0.39, 0.29) is 6.04 Å². The molecule has 0 spiro atoms. The van der Waals surface area contributed by atoms with Gasteiger partial charge in [-0.05, 0) is 36.8 Å². The first kappa shape index (κ1) is 17.5. The minimum Gasteiger partial charge on any atom is -0.493 e. The lowest BCUT2D eigenvalue weighted by molar-refractivity contribution is 0.224. The zero-order valence-electron chi connectivity index (χ0n) is 14.3. The Morgan fingerprint density at radius 1 is 1.21 bits per heavy atom. The van der Waals surface area contributed by atoms with Crippen molar-refractivity contribution in [2.45, 2.75) is 18.9 Å². The van der Waals surface area contributed by atoms with Crippen LogP contribution in [0.1, 0.15) is 12.8 Å². The first-order valence-electron chi connectivity index (χ1n) is 8.42.